The number of halogens is 1. The van der Waals surface area contributed by atoms with Crippen LogP contribution in [0.5, 0.6) is 0 Å². The number of carbonyl (C=O) groups excluding carboxylic acids is 1. The maximum Gasteiger partial charge on any atom is 0.291 e. The molecule has 100 valence electrons. The van der Waals surface area contributed by atoms with E-state index in [1.165, 1.54) is 4.52 Å². The predicted molar refractivity (Wildman–Crippen MR) is 71.8 cm³/mol. The highest BCUT2D eigenvalue weighted by Gasteiger charge is 2.17. The molecule has 3 rings (SSSR count). The van der Waals surface area contributed by atoms with Gasteiger partial charge in [0.05, 0.1) is 4.47 Å². The van der Waals surface area contributed by atoms with Crippen molar-refractivity contribution in [3.63, 3.8) is 0 Å². The molecule has 0 radical (unpaired) electrons. The molecule has 2 aromatic heterocycles. The lowest BCUT2D eigenvalue weighted by Gasteiger charge is -2.09. The first-order chi connectivity index (χ1) is 9.22. The van der Waals surface area contributed by atoms with Gasteiger partial charge in [-0.2, -0.15) is 4.98 Å². The van der Waals surface area contributed by atoms with Crippen molar-refractivity contribution in [2.75, 3.05) is 13.1 Å². The van der Waals surface area contributed by atoms with Gasteiger partial charge in [0.15, 0.2) is 0 Å². The van der Waals surface area contributed by atoms with Gasteiger partial charge in [-0.3, -0.25) is 4.79 Å². The summed E-state index contributed by atoms with van der Waals surface area (Å²) in [7, 11) is 0. The van der Waals surface area contributed by atoms with Crippen LogP contribution in [0.1, 0.15) is 23.5 Å². The summed E-state index contributed by atoms with van der Waals surface area (Å²) in [5.41, 5.74) is 0. The van der Waals surface area contributed by atoms with E-state index in [1.54, 1.807) is 12.4 Å². The van der Waals surface area contributed by atoms with Crippen molar-refractivity contribution in [2.24, 2.45) is 0 Å². The second kappa shape index (κ2) is 5.22. The van der Waals surface area contributed by atoms with Crippen LogP contribution in [0.25, 0.3) is 5.78 Å². The Morgan fingerprint density at radius 2 is 2.53 bits per heavy atom. The molecule has 1 fully saturated rings. The summed E-state index contributed by atoms with van der Waals surface area (Å²) in [6.45, 7) is 1.62. The lowest BCUT2D eigenvalue weighted by Crippen LogP contribution is -2.37. The first-order valence-electron chi connectivity index (χ1n) is 6.12. The molecule has 1 unspecified atom stereocenters. The molecule has 8 heteroatoms. The normalized spacial score (nSPS) is 18.9. The summed E-state index contributed by atoms with van der Waals surface area (Å²) in [4.78, 5) is 20.1. The van der Waals surface area contributed by atoms with Crippen molar-refractivity contribution in [1.29, 1.82) is 0 Å². The van der Waals surface area contributed by atoms with Crippen LogP contribution in [0, 0.1) is 0 Å². The fraction of sp³-hybridized carbons (Fsp3) is 0.455. The Hall–Kier alpha value is -1.54. The second-order valence-corrected chi connectivity index (χ2v) is 5.37. The molecule has 19 heavy (non-hydrogen) atoms. The van der Waals surface area contributed by atoms with Gasteiger partial charge in [-0.1, -0.05) is 0 Å². The van der Waals surface area contributed by atoms with Gasteiger partial charge < -0.3 is 10.6 Å². The monoisotopic (exact) mass is 324 g/mol. The van der Waals surface area contributed by atoms with Crippen LogP contribution < -0.4 is 10.6 Å². The molecule has 2 aromatic rings. The second-order valence-electron chi connectivity index (χ2n) is 4.46. The van der Waals surface area contributed by atoms with Crippen molar-refractivity contribution in [1.82, 2.24) is 30.2 Å². The van der Waals surface area contributed by atoms with E-state index in [0.717, 1.165) is 23.9 Å². The summed E-state index contributed by atoms with van der Waals surface area (Å²) >= 11 is 3.29. The number of hydrogen-bond donors (Lipinski definition) is 2. The van der Waals surface area contributed by atoms with E-state index >= 15 is 0 Å². The highest BCUT2D eigenvalue weighted by atomic mass is 79.9. The van der Waals surface area contributed by atoms with E-state index in [0.29, 0.717) is 18.4 Å². The number of amides is 1. The van der Waals surface area contributed by atoms with Crippen molar-refractivity contribution < 1.29 is 4.79 Å². The molecule has 2 N–H and O–H groups in total. The fourth-order valence-electron chi connectivity index (χ4n) is 2.08. The topological polar surface area (TPSA) is 84.2 Å². The summed E-state index contributed by atoms with van der Waals surface area (Å²) in [5, 5.41) is 10.3. The number of nitrogens with one attached hydrogen (secondary N) is 2. The van der Waals surface area contributed by atoms with Crippen LogP contribution in [-0.2, 0) is 0 Å². The van der Waals surface area contributed by atoms with E-state index in [-0.39, 0.29) is 11.7 Å². The molecule has 1 amide bonds. The standard InChI is InChI=1S/C11H13BrN6O/c12-7-4-15-11-16-9(17-18(11)6-7)10(19)14-5-8-2-1-3-13-8/h4,6,8,13H,1-3,5H2,(H,14,19). The molecular formula is C11H13BrN6O. The molecule has 1 saturated heterocycles. The number of hydrogen-bond acceptors (Lipinski definition) is 5. The number of carbonyl (C=O) groups is 1. The van der Waals surface area contributed by atoms with Crippen molar-refractivity contribution in [3.05, 3.63) is 22.7 Å². The molecule has 3 heterocycles. The van der Waals surface area contributed by atoms with Crippen molar-refractivity contribution >= 4 is 27.6 Å². The van der Waals surface area contributed by atoms with E-state index in [9.17, 15) is 4.79 Å². The van der Waals surface area contributed by atoms with Crippen LogP contribution in [0.4, 0.5) is 0 Å². The highest BCUT2D eigenvalue weighted by molar-refractivity contribution is 9.10. The van der Waals surface area contributed by atoms with Gasteiger partial charge in [-0.15, -0.1) is 5.10 Å². The molecule has 7 nitrogen and oxygen atoms in total. The predicted octanol–water partition coefficient (Wildman–Crippen LogP) is 0.369. The zero-order chi connectivity index (χ0) is 13.2. The Labute approximate surface area is 117 Å². The van der Waals surface area contributed by atoms with Crippen LogP contribution in [0.3, 0.4) is 0 Å². The van der Waals surface area contributed by atoms with Crippen LogP contribution >= 0.6 is 15.9 Å². The average Bonchev–Trinajstić information content (AvgIpc) is 3.04. The largest absolute Gasteiger partial charge is 0.348 e. The minimum Gasteiger partial charge on any atom is -0.348 e. The van der Waals surface area contributed by atoms with Gasteiger partial charge in [-0.05, 0) is 35.3 Å². The SMILES string of the molecule is O=C(NCC1CCCN1)c1nc2ncc(Br)cn2n1. The van der Waals surface area contributed by atoms with Gasteiger partial charge in [-0.25, -0.2) is 9.50 Å². The lowest BCUT2D eigenvalue weighted by atomic mass is 10.2. The van der Waals surface area contributed by atoms with Crippen molar-refractivity contribution in [2.45, 2.75) is 18.9 Å². The van der Waals surface area contributed by atoms with Gasteiger partial charge in [0.1, 0.15) is 0 Å². The molecule has 0 aliphatic carbocycles. The lowest BCUT2D eigenvalue weighted by molar-refractivity contribution is 0.0940. The minimum atomic E-state index is -0.268. The van der Waals surface area contributed by atoms with Gasteiger partial charge >= 0.3 is 0 Å². The molecule has 1 aliphatic rings. The highest BCUT2D eigenvalue weighted by Crippen LogP contribution is 2.08. The van der Waals surface area contributed by atoms with Gasteiger partial charge in [0, 0.05) is 25.0 Å². The quantitative estimate of drug-likeness (QED) is 0.852. The molecule has 0 bridgehead atoms. The van der Waals surface area contributed by atoms with Crippen LogP contribution in [0.2, 0.25) is 0 Å². The van der Waals surface area contributed by atoms with E-state index in [2.05, 4.69) is 41.6 Å². The first-order valence-corrected chi connectivity index (χ1v) is 6.91. The Kier molecular flexibility index (Phi) is 3.43. The Morgan fingerprint density at radius 3 is 3.32 bits per heavy atom. The zero-order valence-corrected chi connectivity index (χ0v) is 11.7. The minimum absolute atomic E-state index is 0.142. The molecule has 0 saturated carbocycles. The number of nitrogens with zero attached hydrogens (tertiary/aromatic N) is 4. The molecule has 1 atom stereocenters. The molecule has 0 aromatic carbocycles. The third kappa shape index (κ3) is 2.74. The molecular weight excluding hydrogens is 312 g/mol. The zero-order valence-electron chi connectivity index (χ0n) is 10.1. The Morgan fingerprint density at radius 1 is 1.63 bits per heavy atom. The maximum absolute atomic E-state index is 11.9. The smallest absolute Gasteiger partial charge is 0.291 e. The van der Waals surface area contributed by atoms with Gasteiger partial charge in [0.2, 0.25) is 5.82 Å². The number of rotatable bonds is 3. The van der Waals surface area contributed by atoms with Crippen molar-refractivity contribution in [3.8, 4) is 0 Å². The van der Waals surface area contributed by atoms with Crippen LogP contribution in [0.15, 0.2) is 16.9 Å². The summed E-state index contributed by atoms with van der Waals surface area (Å²) in [6.07, 6.45) is 5.58. The summed E-state index contributed by atoms with van der Waals surface area (Å²) < 4.78 is 2.26. The van der Waals surface area contributed by atoms with Gasteiger partial charge in [0.25, 0.3) is 11.7 Å². The third-order valence-corrected chi connectivity index (χ3v) is 3.45. The fourth-order valence-corrected chi connectivity index (χ4v) is 2.38. The molecule has 1 aliphatic heterocycles. The Balaban J connectivity index is 1.70. The Bertz CT molecular complexity index is 606. The summed E-state index contributed by atoms with van der Waals surface area (Å²) in [6, 6.07) is 0.355. The maximum atomic E-state index is 11.9. The number of aromatic nitrogens is 4. The summed E-state index contributed by atoms with van der Waals surface area (Å²) in [5.74, 6) is 0.284. The number of fused-ring (bicyclic) bond motifs is 1. The average molecular weight is 325 g/mol. The first kappa shape index (κ1) is 12.5. The van der Waals surface area contributed by atoms with E-state index in [4.69, 9.17) is 0 Å². The van der Waals surface area contributed by atoms with E-state index in [1.807, 2.05) is 0 Å². The third-order valence-electron chi connectivity index (χ3n) is 3.04. The van der Waals surface area contributed by atoms with E-state index < -0.39 is 0 Å². The molecule has 0 spiro atoms. The van der Waals surface area contributed by atoms with Crippen LogP contribution in [-0.4, -0.2) is 44.6 Å².